The molecular weight excluding hydrogens is 184 g/mol. The van der Waals surface area contributed by atoms with Crippen LogP contribution < -0.4 is 0 Å². The summed E-state index contributed by atoms with van der Waals surface area (Å²) in [5.41, 5.74) is 0. The van der Waals surface area contributed by atoms with Gasteiger partial charge in [-0.05, 0) is 19.8 Å². The molecule has 1 N–H and O–H groups in total. The Morgan fingerprint density at radius 2 is 2.29 bits per heavy atom. The van der Waals surface area contributed by atoms with Crippen molar-refractivity contribution in [3.05, 3.63) is 0 Å². The van der Waals surface area contributed by atoms with E-state index in [1.165, 1.54) is 0 Å². The molecule has 82 valence electrons. The Balaban J connectivity index is 1.94. The van der Waals surface area contributed by atoms with E-state index < -0.39 is 5.79 Å². The van der Waals surface area contributed by atoms with Crippen LogP contribution in [0.25, 0.3) is 0 Å². The number of hydrogen-bond donors (Lipinski definition) is 1. The van der Waals surface area contributed by atoms with Gasteiger partial charge in [-0.15, -0.1) is 0 Å². The normalized spacial score (nSPS) is 44.1. The summed E-state index contributed by atoms with van der Waals surface area (Å²) < 4.78 is 16.7. The summed E-state index contributed by atoms with van der Waals surface area (Å²) >= 11 is 0. The molecule has 3 atom stereocenters. The van der Waals surface area contributed by atoms with Gasteiger partial charge in [-0.2, -0.15) is 0 Å². The molecule has 2 aliphatic rings. The third kappa shape index (κ3) is 1.93. The van der Waals surface area contributed by atoms with E-state index in [1.54, 1.807) is 0 Å². The average Bonchev–Trinajstić information content (AvgIpc) is 2.63. The Kier molecular flexibility index (Phi) is 3.07. The number of aliphatic hydroxyl groups is 1. The highest BCUT2D eigenvalue weighted by molar-refractivity contribution is 4.83. The van der Waals surface area contributed by atoms with Gasteiger partial charge in [-0.1, -0.05) is 0 Å². The van der Waals surface area contributed by atoms with Gasteiger partial charge < -0.3 is 19.3 Å². The Hall–Kier alpha value is -0.160. The van der Waals surface area contributed by atoms with Crippen LogP contribution in [0.2, 0.25) is 0 Å². The van der Waals surface area contributed by atoms with Crippen LogP contribution in [0.4, 0.5) is 0 Å². The zero-order chi connectivity index (χ0) is 10.0. The molecule has 0 aliphatic carbocycles. The second-order valence-electron chi connectivity index (χ2n) is 4.16. The van der Waals surface area contributed by atoms with Crippen molar-refractivity contribution in [2.24, 2.45) is 5.92 Å². The summed E-state index contributed by atoms with van der Waals surface area (Å²) in [4.78, 5) is 0. The molecule has 0 amide bonds. The van der Waals surface area contributed by atoms with Crippen LogP contribution >= 0.6 is 0 Å². The van der Waals surface area contributed by atoms with Crippen LogP contribution in [0.5, 0.6) is 0 Å². The molecule has 2 aliphatic heterocycles. The molecule has 4 nitrogen and oxygen atoms in total. The molecule has 0 saturated carbocycles. The van der Waals surface area contributed by atoms with Crippen LogP contribution in [-0.2, 0) is 14.2 Å². The van der Waals surface area contributed by atoms with Crippen LogP contribution in [0.15, 0.2) is 0 Å². The van der Waals surface area contributed by atoms with Crippen molar-refractivity contribution in [2.75, 3.05) is 26.4 Å². The van der Waals surface area contributed by atoms with E-state index in [4.69, 9.17) is 19.3 Å². The van der Waals surface area contributed by atoms with E-state index in [-0.39, 0.29) is 12.7 Å². The molecule has 2 rings (SSSR count). The van der Waals surface area contributed by atoms with E-state index in [0.29, 0.717) is 19.1 Å². The lowest BCUT2D eigenvalue weighted by Crippen LogP contribution is -2.41. The monoisotopic (exact) mass is 202 g/mol. The first-order valence-electron chi connectivity index (χ1n) is 5.25. The minimum Gasteiger partial charge on any atom is -0.394 e. The molecule has 0 aromatic carbocycles. The first-order valence-corrected chi connectivity index (χ1v) is 5.25. The Labute approximate surface area is 84.1 Å². The molecule has 0 aromatic rings. The number of rotatable bonds is 2. The van der Waals surface area contributed by atoms with Crippen LogP contribution in [0, 0.1) is 5.92 Å². The maximum Gasteiger partial charge on any atom is 0.171 e. The summed E-state index contributed by atoms with van der Waals surface area (Å²) in [7, 11) is 0. The molecule has 0 bridgehead atoms. The topological polar surface area (TPSA) is 47.9 Å². The van der Waals surface area contributed by atoms with Crippen LogP contribution in [0.3, 0.4) is 0 Å². The molecule has 0 aromatic heterocycles. The van der Waals surface area contributed by atoms with E-state index >= 15 is 0 Å². The maximum atomic E-state index is 8.96. The number of aliphatic hydroxyl groups excluding tert-OH is 1. The number of hydrogen-bond acceptors (Lipinski definition) is 4. The van der Waals surface area contributed by atoms with Crippen molar-refractivity contribution in [1.82, 2.24) is 0 Å². The van der Waals surface area contributed by atoms with Gasteiger partial charge in [0.25, 0.3) is 0 Å². The lowest BCUT2D eigenvalue weighted by molar-refractivity contribution is -0.213. The van der Waals surface area contributed by atoms with Gasteiger partial charge in [-0.25, -0.2) is 0 Å². The van der Waals surface area contributed by atoms with Crippen molar-refractivity contribution in [1.29, 1.82) is 0 Å². The average molecular weight is 202 g/mol. The third-order valence-electron chi connectivity index (χ3n) is 3.06. The molecular formula is C10H18O4. The second kappa shape index (κ2) is 4.14. The maximum absolute atomic E-state index is 8.96. The van der Waals surface area contributed by atoms with E-state index in [2.05, 4.69) is 0 Å². The summed E-state index contributed by atoms with van der Waals surface area (Å²) in [6, 6.07) is 0. The van der Waals surface area contributed by atoms with Crippen molar-refractivity contribution < 1.29 is 19.3 Å². The molecule has 3 unspecified atom stereocenters. The number of ether oxygens (including phenoxy) is 3. The smallest absolute Gasteiger partial charge is 0.171 e. The van der Waals surface area contributed by atoms with Gasteiger partial charge in [0.15, 0.2) is 5.79 Å². The highest BCUT2D eigenvalue weighted by Gasteiger charge is 2.44. The summed E-state index contributed by atoms with van der Waals surface area (Å²) in [6.45, 7) is 4.01. The first-order chi connectivity index (χ1) is 6.74. The molecule has 2 heterocycles. The SMILES string of the molecule is CC1(C2CCCOC2)OCC(CO)O1. The van der Waals surface area contributed by atoms with Gasteiger partial charge in [-0.3, -0.25) is 0 Å². The summed E-state index contributed by atoms with van der Waals surface area (Å²) in [5.74, 6) is -0.249. The van der Waals surface area contributed by atoms with Gasteiger partial charge in [0.05, 0.1) is 19.8 Å². The standard InChI is InChI=1S/C10H18O4/c1-10(8-3-2-4-12-6-8)13-7-9(5-11)14-10/h8-9,11H,2-7H2,1H3. The highest BCUT2D eigenvalue weighted by Crippen LogP contribution is 2.35. The van der Waals surface area contributed by atoms with E-state index in [9.17, 15) is 0 Å². The largest absolute Gasteiger partial charge is 0.394 e. The lowest BCUT2D eigenvalue weighted by Gasteiger charge is -2.34. The first kappa shape index (κ1) is 10.4. The second-order valence-corrected chi connectivity index (χ2v) is 4.16. The van der Waals surface area contributed by atoms with Crippen LogP contribution in [0.1, 0.15) is 19.8 Å². The fourth-order valence-corrected chi connectivity index (χ4v) is 2.12. The Bertz CT molecular complexity index is 191. The minimum atomic E-state index is -0.548. The predicted octanol–water partition coefficient (Wildman–Crippen LogP) is 0.537. The summed E-state index contributed by atoms with van der Waals surface area (Å²) in [6.07, 6.45) is 1.98. The zero-order valence-electron chi connectivity index (χ0n) is 8.57. The molecule has 4 heteroatoms. The van der Waals surface area contributed by atoms with Crippen molar-refractivity contribution in [3.8, 4) is 0 Å². The molecule has 0 radical (unpaired) electrons. The van der Waals surface area contributed by atoms with Crippen molar-refractivity contribution in [3.63, 3.8) is 0 Å². The lowest BCUT2D eigenvalue weighted by atomic mass is 9.94. The minimum absolute atomic E-state index is 0.0309. The Morgan fingerprint density at radius 3 is 2.86 bits per heavy atom. The molecule has 14 heavy (non-hydrogen) atoms. The van der Waals surface area contributed by atoms with Gasteiger partial charge in [0.1, 0.15) is 6.10 Å². The van der Waals surface area contributed by atoms with E-state index in [0.717, 1.165) is 19.4 Å². The third-order valence-corrected chi connectivity index (χ3v) is 3.06. The summed E-state index contributed by atoms with van der Waals surface area (Å²) in [5, 5.41) is 8.96. The molecule has 2 saturated heterocycles. The predicted molar refractivity (Wildman–Crippen MR) is 49.9 cm³/mol. The van der Waals surface area contributed by atoms with Crippen LogP contribution in [-0.4, -0.2) is 43.4 Å². The van der Waals surface area contributed by atoms with Gasteiger partial charge in [0.2, 0.25) is 0 Å². The van der Waals surface area contributed by atoms with Crippen molar-refractivity contribution in [2.45, 2.75) is 31.7 Å². The van der Waals surface area contributed by atoms with Gasteiger partial charge in [0, 0.05) is 12.5 Å². The fraction of sp³-hybridized carbons (Fsp3) is 1.00. The fourth-order valence-electron chi connectivity index (χ4n) is 2.12. The molecule has 0 spiro atoms. The highest BCUT2D eigenvalue weighted by atomic mass is 16.7. The zero-order valence-corrected chi connectivity index (χ0v) is 8.57. The van der Waals surface area contributed by atoms with Gasteiger partial charge >= 0.3 is 0 Å². The molecule has 2 fully saturated rings. The van der Waals surface area contributed by atoms with Crippen molar-refractivity contribution >= 4 is 0 Å². The quantitative estimate of drug-likeness (QED) is 0.710. The van der Waals surface area contributed by atoms with E-state index in [1.807, 2.05) is 6.92 Å². The Morgan fingerprint density at radius 1 is 1.43 bits per heavy atom.